The van der Waals surface area contributed by atoms with Crippen LogP contribution < -0.4 is 0 Å². The maximum Gasteiger partial charge on any atom is 0.330 e. The standard InChI is InChI=1S/C15H28O2.C14H28.CH4/c1-3-5-6-7-8-9-10-11-12-13-14-17-15(16)4-2;1-3-5-7-9-11-13-14-12-10-8-6-4-2;/h4H,2-3,5-14H2,1H3;3H,1,4-14H2,2H3;1H4. The highest BCUT2D eigenvalue weighted by atomic mass is 16.5. The van der Waals surface area contributed by atoms with Crippen LogP contribution in [-0.4, -0.2) is 12.6 Å². The molecule has 0 atom stereocenters. The third-order valence-electron chi connectivity index (χ3n) is 5.67. The summed E-state index contributed by atoms with van der Waals surface area (Å²) in [6.07, 6.45) is 31.7. The molecule has 0 fully saturated rings. The fraction of sp³-hybridized carbons (Fsp3) is 0.833. The summed E-state index contributed by atoms with van der Waals surface area (Å²) in [5.41, 5.74) is 0. The molecular weight excluding hydrogens is 392 g/mol. The maximum atomic E-state index is 10.7. The van der Waals surface area contributed by atoms with Crippen LogP contribution in [0, 0.1) is 0 Å². The molecule has 0 rings (SSSR count). The highest BCUT2D eigenvalue weighted by molar-refractivity contribution is 5.81. The van der Waals surface area contributed by atoms with Crippen LogP contribution in [0.1, 0.15) is 156 Å². The van der Waals surface area contributed by atoms with E-state index in [0.29, 0.717) is 6.61 Å². The van der Waals surface area contributed by atoms with E-state index in [-0.39, 0.29) is 13.4 Å². The van der Waals surface area contributed by atoms with Crippen LogP contribution in [0.3, 0.4) is 0 Å². The van der Waals surface area contributed by atoms with Crippen molar-refractivity contribution in [2.24, 2.45) is 0 Å². The first-order valence-electron chi connectivity index (χ1n) is 13.6. The lowest BCUT2D eigenvalue weighted by molar-refractivity contribution is -0.137. The molecule has 0 saturated heterocycles. The fourth-order valence-electron chi connectivity index (χ4n) is 3.60. The van der Waals surface area contributed by atoms with E-state index in [2.05, 4.69) is 27.0 Å². The molecular formula is C30H60O2. The predicted octanol–water partition coefficient (Wildman–Crippen LogP) is 10.8. The van der Waals surface area contributed by atoms with E-state index in [4.69, 9.17) is 4.74 Å². The van der Waals surface area contributed by atoms with E-state index in [9.17, 15) is 4.79 Å². The van der Waals surface area contributed by atoms with Gasteiger partial charge in [0.05, 0.1) is 6.61 Å². The Morgan fingerprint density at radius 2 is 0.938 bits per heavy atom. The minimum absolute atomic E-state index is 0. The molecule has 0 aromatic rings. The smallest absolute Gasteiger partial charge is 0.330 e. The Balaban J connectivity index is -0.000000519. The van der Waals surface area contributed by atoms with Crippen molar-refractivity contribution in [1.29, 1.82) is 0 Å². The molecule has 0 aliphatic carbocycles. The summed E-state index contributed by atoms with van der Waals surface area (Å²) in [6.45, 7) is 12.2. The van der Waals surface area contributed by atoms with Crippen LogP contribution in [0.15, 0.2) is 25.3 Å². The molecule has 0 saturated carbocycles. The van der Waals surface area contributed by atoms with Crippen molar-refractivity contribution in [3.05, 3.63) is 25.3 Å². The molecule has 0 aliphatic heterocycles. The number of allylic oxidation sites excluding steroid dienone is 1. The Labute approximate surface area is 203 Å². The third kappa shape index (κ3) is 36.3. The summed E-state index contributed by atoms with van der Waals surface area (Å²) in [6, 6.07) is 0. The summed E-state index contributed by atoms with van der Waals surface area (Å²) in [4.78, 5) is 10.7. The lowest BCUT2D eigenvalue weighted by Gasteiger charge is -2.03. The molecule has 0 aromatic heterocycles. The van der Waals surface area contributed by atoms with E-state index in [1.807, 2.05) is 6.08 Å². The minimum Gasteiger partial charge on any atom is -0.463 e. The normalized spacial score (nSPS) is 9.94. The van der Waals surface area contributed by atoms with Gasteiger partial charge in [0, 0.05) is 6.08 Å². The van der Waals surface area contributed by atoms with Gasteiger partial charge in [-0.2, -0.15) is 0 Å². The molecule has 0 amide bonds. The Morgan fingerprint density at radius 1 is 0.594 bits per heavy atom. The van der Waals surface area contributed by atoms with E-state index in [1.54, 1.807) is 0 Å². The van der Waals surface area contributed by atoms with Crippen molar-refractivity contribution in [2.75, 3.05) is 6.61 Å². The Bertz CT molecular complexity index is 362. The third-order valence-corrected chi connectivity index (χ3v) is 5.67. The zero-order valence-corrected chi connectivity index (χ0v) is 21.4. The molecule has 2 heteroatoms. The van der Waals surface area contributed by atoms with Gasteiger partial charge in [-0.15, -0.1) is 6.58 Å². The molecule has 0 radical (unpaired) electrons. The molecule has 0 heterocycles. The second-order valence-corrected chi connectivity index (χ2v) is 8.81. The van der Waals surface area contributed by atoms with Gasteiger partial charge in [0.15, 0.2) is 0 Å². The number of unbranched alkanes of at least 4 members (excludes halogenated alkanes) is 19. The minimum atomic E-state index is -0.305. The number of carbonyl (C=O) groups is 1. The van der Waals surface area contributed by atoms with Crippen LogP contribution in [0.2, 0.25) is 0 Å². The van der Waals surface area contributed by atoms with Crippen molar-refractivity contribution >= 4 is 5.97 Å². The fourth-order valence-corrected chi connectivity index (χ4v) is 3.60. The average Bonchev–Trinajstić information content (AvgIpc) is 2.79. The van der Waals surface area contributed by atoms with Gasteiger partial charge in [-0.1, -0.05) is 150 Å². The summed E-state index contributed by atoms with van der Waals surface area (Å²) in [5.74, 6) is -0.305. The van der Waals surface area contributed by atoms with Gasteiger partial charge in [0.25, 0.3) is 0 Å². The zero-order chi connectivity index (χ0) is 23.3. The second kappa shape index (κ2) is 34.6. The SMILES string of the molecule is C.C=CC(=O)OCCCCCCCCCCCC.C=CCCCCCCCCCCCC. The van der Waals surface area contributed by atoms with Gasteiger partial charge < -0.3 is 4.74 Å². The van der Waals surface area contributed by atoms with Gasteiger partial charge in [-0.25, -0.2) is 4.79 Å². The molecule has 0 N–H and O–H groups in total. The zero-order valence-electron chi connectivity index (χ0n) is 21.4. The first-order chi connectivity index (χ1) is 15.2. The molecule has 0 spiro atoms. The highest BCUT2D eigenvalue weighted by Crippen LogP contribution is 2.11. The van der Waals surface area contributed by atoms with Gasteiger partial charge in [0.1, 0.15) is 0 Å². The van der Waals surface area contributed by atoms with Crippen molar-refractivity contribution < 1.29 is 9.53 Å². The van der Waals surface area contributed by atoms with Crippen molar-refractivity contribution in [1.82, 2.24) is 0 Å². The topological polar surface area (TPSA) is 26.3 Å². The van der Waals surface area contributed by atoms with E-state index in [0.717, 1.165) is 6.42 Å². The quantitative estimate of drug-likeness (QED) is 0.0666. The van der Waals surface area contributed by atoms with E-state index < -0.39 is 0 Å². The van der Waals surface area contributed by atoms with Gasteiger partial charge in [-0.05, 0) is 19.3 Å². The lowest BCUT2D eigenvalue weighted by atomic mass is 10.1. The highest BCUT2D eigenvalue weighted by Gasteiger charge is 1.96. The van der Waals surface area contributed by atoms with Crippen LogP contribution in [0.25, 0.3) is 0 Å². The monoisotopic (exact) mass is 452 g/mol. The number of hydrogen-bond donors (Lipinski definition) is 0. The number of hydrogen-bond acceptors (Lipinski definition) is 2. The van der Waals surface area contributed by atoms with Crippen LogP contribution >= 0.6 is 0 Å². The maximum absolute atomic E-state index is 10.7. The first-order valence-corrected chi connectivity index (χ1v) is 13.6. The van der Waals surface area contributed by atoms with Gasteiger partial charge in [0.2, 0.25) is 0 Å². The Hall–Kier alpha value is -1.05. The van der Waals surface area contributed by atoms with Crippen molar-refractivity contribution in [3.63, 3.8) is 0 Å². The van der Waals surface area contributed by atoms with Crippen molar-refractivity contribution in [3.8, 4) is 0 Å². The lowest BCUT2D eigenvalue weighted by Crippen LogP contribution is -2.01. The molecule has 0 aromatic carbocycles. The first kappa shape index (κ1) is 35.5. The van der Waals surface area contributed by atoms with E-state index in [1.165, 1.54) is 134 Å². The molecule has 0 unspecified atom stereocenters. The van der Waals surface area contributed by atoms with Gasteiger partial charge >= 0.3 is 5.97 Å². The number of esters is 1. The predicted molar refractivity (Wildman–Crippen MR) is 146 cm³/mol. The summed E-state index contributed by atoms with van der Waals surface area (Å²) in [7, 11) is 0. The molecule has 0 aliphatic rings. The summed E-state index contributed by atoms with van der Waals surface area (Å²) >= 11 is 0. The molecule has 0 bridgehead atoms. The second-order valence-electron chi connectivity index (χ2n) is 8.81. The van der Waals surface area contributed by atoms with Crippen LogP contribution in [-0.2, 0) is 9.53 Å². The van der Waals surface area contributed by atoms with Gasteiger partial charge in [-0.3, -0.25) is 0 Å². The van der Waals surface area contributed by atoms with E-state index >= 15 is 0 Å². The van der Waals surface area contributed by atoms with Crippen LogP contribution in [0.4, 0.5) is 0 Å². The number of rotatable bonds is 23. The summed E-state index contributed by atoms with van der Waals surface area (Å²) < 4.78 is 4.91. The van der Waals surface area contributed by atoms with Crippen LogP contribution in [0.5, 0.6) is 0 Å². The molecule has 192 valence electrons. The number of ether oxygens (including phenoxy) is 1. The Kier molecular flexibility index (Phi) is 38.4. The largest absolute Gasteiger partial charge is 0.463 e. The summed E-state index contributed by atoms with van der Waals surface area (Å²) in [5, 5.41) is 0. The molecule has 2 nitrogen and oxygen atoms in total. The molecule has 32 heavy (non-hydrogen) atoms. The average molecular weight is 453 g/mol. The number of carbonyl (C=O) groups excluding carboxylic acids is 1. The Morgan fingerprint density at radius 3 is 1.28 bits per heavy atom. The van der Waals surface area contributed by atoms with Crippen molar-refractivity contribution in [2.45, 2.75) is 156 Å².